The molecule has 2 rings (SSSR count). The van der Waals surface area contributed by atoms with Gasteiger partial charge in [-0.15, -0.1) is 24.0 Å². The van der Waals surface area contributed by atoms with Crippen LogP contribution < -0.4 is 15.4 Å². The van der Waals surface area contributed by atoms with E-state index in [2.05, 4.69) is 43.4 Å². The Kier molecular flexibility index (Phi) is 9.62. The number of nitrogens with zero attached hydrogens (tertiary/aromatic N) is 3. The molecule has 1 aromatic carbocycles. The molecule has 0 saturated heterocycles. The number of nitrogens with one attached hydrogen (secondary N) is 2. The molecule has 2 N–H and O–H groups in total. The van der Waals surface area contributed by atoms with Gasteiger partial charge in [0.1, 0.15) is 5.75 Å². The molecule has 1 aromatic heterocycles. The summed E-state index contributed by atoms with van der Waals surface area (Å²) in [4.78, 5) is 4.72. The molecule has 27 heavy (non-hydrogen) atoms. The van der Waals surface area contributed by atoms with E-state index in [0.29, 0.717) is 6.54 Å². The maximum absolute atomic E-state index is 5.41. The number of para-hydroxylation sites is 1. The van der Waals surface area contributed by atoms with Gasteiger partial charge in [0.2, 0.25) is 0 Å². The van der Waals surface area contributed by atoms with Crippen molar-refractivity contribution in [2.75, 3.05) is 13.7 Å². The first-order valence-corrected chi connectivity index (χ1v) is 9.12. The molecule has 0 aliphatic heterocycles. The summed E-state index contributed by atoms with van der Waals surface area (Å²) in [6, 6.07) is 8.21. The largest absolute Gasteiger partial charge is 0.496 e. The molecule has 0 aliphatic carbocycles. The SMILES string of the molecule is CCNC(=NCc1ccccc1OC)NC(C)Cc1c(C)nn(C)c1C.I. The second-order valence-corrected chi connectivity index (χ2v) is 6.53. The summed E-state index contributed by atoms with van der Waals surface area (Å²) in [5.74, 6) is 1.67. The zero-order chi connectivity index (χ0) is 19.1. The lowest BCUT2D eigenvalue weighted by Gasteiger charge is -2.18. The smallest absolute Gasteiger partial charge is 0.191 e. The van der Waals surface area contributed by atoms with E-state index in [-0.39, 0.29) is 30.0 Å². The van der Waals surface area contributed by atoms with Crippen LogP contribution in [0.5, 0.6) is 5.75 Å². The Hall–Kier alpha value is -1.77. The maximum Gasteiger partial charge on any atom is 0.191 e. The van der Waals surface area contributed by atoms with Gasteiger partial charge in [0.15, 0.2) is 5.96 Å². The molecular formula is C20H32IN5O. The molecule has 7 heteroatoms. The molecule has 1 heterocycles. The molecule has 0 radical (unpaired) electrons. The number of guanidine groups is 1. The van der Waals surface area contributed by atoms with Crippen molar-refractivity contribution in [3.8, 4) is 5.75 Å². The Bertz CT molecular complexity index is 757. The van der Waals surface area contributed by atoms with Crippen molar-refractivity contribution in [1.29, 1.82) is 0 Å². The van der Waals surface area contributed by atoms with E-state index in [4.69, 9.17) is 9.73 Å². The highest BCUT2D eigenvalue weighted by atomic mass is 127. The zero-order valence-electron chi connectivity index (χ0n) is 17.2. The predicted molar refractivity (Wildman–Crippen MR) is 122 cm³/mol. The third-order valence-electron chi connectivity index (χ3n) is 4.50. The minimum Gasteiger partial charge on any atom is -0.496 e. The first-order chi connectivity index (χ1) is 12.5. The lowest BCUT2D eigenvalue weighted by molar-refractivity contribution is 0.410. The van der Waals surface area contributed by atoms with Crippen LogP contribution in [0, 0.1) is 13.8 Å². The Morgan fingerprint density at radius 2 is 2.00 bits per heavy atom. The van der Waals surface area contributed by atoms with E-state index >= 15 is 0 Å². The summed E-state index contributed by atoms with van der Waals surface area (Å²) in [5.41, 5.74) is 4.67. The molecule has 1 unspecified atom stereocenters. The molecule has 0 saturated carbocycles. The molecule has 0 bridgehead atoms. The van der Waals surface area contributed by atoms with Gasteiger partial charge in [0.25, 0.3) is 0 Å². The Morgan fingerprint density at radius 3 is 2.59 bits per heavy atom. The first kappa shape index (κ1) is 23.3. The van der Waals surface area contributed by atoms with Gasteiger partial charge in [-0.3, -0.25) is 4.68 Å². The number of halogens is 1. The van der Waals surface area contributed by atoms with Crippen LogP contribution in [0.2, 0.25) is 0 Å². The van der Waals surface area contributed by atoms with Gasteiger partial charge >= 0.3 is 0 Å². The summed E-state index contributed by atoms with van der Waals surface area (Å²) in [6.07, 6.45) is 0.907. The fourth-order valence-electron chi connectivity index (χ4n) is 3.02. The second kappa shape index (κ2) is 11.2. The molecule has 0 amide bonds. The van der Waals surface area contributed by atoms with Crippen LogP contribution in [-0.4, -0.2) is 35.4 Å². The molecule has 0 aliphatic rings. The van der Waals surface area contributed by atoms with Crippen LogP contribution in [0.1, 0.15) is 36.4 Å². The van der Waals surface area contributed by atoms with E-state index < -0.39 is 0 Å². The number of methoxy groups -OCH3 is 1. The highest BCUT2D eigenvalue weighted by Gasteiger charge is 2.14. The Morgan fingerprint density at radius 1 is 1.30 bits per heavy atom. The minimum absolute atomic E-state index is 0. The molecule has 2 aromatic rings. The van der Waals surface area contributed by atoms with Crippen molar-refractivity contribution in [3.63, 3.8) is 0 Å². The van der Waals surface area contributed by atoms with Gasteiger partial charge in [-0.1, -0.05) is 18.2 Å². The number of aryl methyl sites for hydroxylation is 2. The topological polar surface area (TPSA) is 63.5 Å². The van der Waals surface area contributed by atoms with Crippen LogP contribution in [0.4, 0.5) is 0 Å². The van der Waals surface area contributed by atoms with Gasteiger partial charge < -0.3 is 15.4 Å². The van der Waals surface area contributed by atoms with Crippen molar-refractivity contribution < 1.29 is 4.74 Å². The second-order valence-electron chi connectivity index (χ2n) is 6.53. The summed E-state index contributed by atoms with van der Waals surface area (Å²) >= 11 is 0. The van der Waals surface area contributed by atoms with Crippen LogP contribution in [0.3, 0.4) is 0 Å². The molecule has 0 spiro atoms. The highest BCUT2D eigenvalue weighted by Crippen LogP contribution is 2.18. The lowest BCUT2D eigenvalue weighted by Crippen LogP contribution is -2.43. The van der Waals surface area contributed by atoms with Crippen molar-refractivity contribution >= 4 is 29.9 Å². The number of hydrogen-bond acceptors (Lipinski definition) is 3. The maximum atomic E-state index is 5.41. The monoisotopic (exact) mass is 485 g/mol. The summed E-state index contributed by atoms with van der Waals surface area (Å²) in [5, 5.41) is 11.3. The summed E-state index contributed by atoms with van der Waals surface area (Å²) < 4.78 is 7.35. The number of aromatic nitrogens is 2. The highest BCUT2D eigenvalue weighted by molar-refractivity contribution is 14.0. The third kappa shape index (κ3) is 6.41. The zero-order valence-corrected chi connectivity index (χ0v) is 19.5. The number of aliphatic imine (C=N–C) groups is 1. The van der Waals surface area contributed by atoms with Crippen molar-refractivity contribution in [1.82, 2.24) is 20.4 Å². The van der Waals surface area contributed by atoms with Crippen LogP contribution >= 0.6 is 24.0 Å². The molecule has 150 valence electrons. The van der Waals surface area contributed by atoms with Crippen molar-refractivity contribution in [2.45, 2.75) is 46.7 Å². The van der Waals surface area contributed by atoms with Gasteiger partial charge in [0.05, 0.1) is 19.3 Å². The van der Waals surface area contributed by atoms with Crippen LogP contribution in [-0.2, 0) is 20.0 Å². The van der Waals surface area contributed by atoms with Gasteiger partial charge in [-0.05, 0) is 45.7 Å². The first-order valence-electron chi connectivity index (χ1n) is 9.12. The van der Waals surface area contributed by atoms with E-state index in [1.807, 2.05) is 36.0 Å². The Balaban J connectivity index is 0.00000364. The normalized spacial score (nSPS) is 12.3. The summed E-state index contributed by atoms with van der Waals surface area (Å²) in [7, 11) is 3.68. The molecule has 6 nitrogen and oxygen atoms in total. The van der Waals surface area contributed by atoms with Crippen molar-refractivity contribution in [3.05, 3.63) is 46.8 Å². The average molecular weight is 485 g/mol. The molecule has 0 fully saturated rings. The molecular weight excluding hydrogens is 453 g/mol. The van der Waals surface area contributed by atoms with Gasteiger partial charge in [-0.2, -0.15) is 5.10 Å². The number of benzene rings is 1. The fraction of sp³-hybridized carbons (Fsp3) is 0.500. The quantitative estimate of drug-likeness (QED) is 0.359. The van der Waals surface area contributed by atoms with E-state index in [1.165, 1.54) is 11.3 Å². The number of hydrogen-bond donors (Lipinski definition) is 2. The number of ether oxygens (including phenoxy) is 1. The number of rotatable bonds is 7. The van der Waals surface area contributed by atoms with Crippen LogP contribution in [0.15, 0.2) is 29.3 Å². The van der Waals surface area contributed by atoms with Gasteiger partial charge in [-0.25, -0.2) is 4.99 Å². The van der Waals surface area contributed by atoms with Crippen molar-refractivity contribution in [2.24, 2.45) is 12.0 Å². The average Bonchev–Trinajstić information content (AvgIpc) is 2.86. The molecule has 1 atom stereocenters. The van der Waals surface area contributed by atoms with Gasteiger partial charge in [0, 0.05) is 30.9 Å². The van der Waals surface area contributed by atoms with Crippen LogP contribution in [0.25, 0.3) is 0 Å². The van der Waals surface area contributed by atoms with E-state index in [9.17, 15) is 0 Å². The lowest BCUT2D eigenvalue weighted by atomic mass is 10.1. The van der Waals surface area contributed by atoms with E-state index in [1.54, 1.807) is 7.11 Å². The standard InChI is InChI=1S/C20H31N5O.HI/c1-7-21-20(22-13-17-10-8-9-11-19(17)26-6)23-14(2)12-18-15(3)24-25(5)16(18)4;/h8-11,14H,7,12-13H2,1-6H3,(H2,21,22,23);1H. The summed E-state index contributed by atoms with van der Waals surface area (Å²) in [6.45, 7) is 9.80. The Labute approximate surface area is 179 Å². The predicted octanol–water partition coefficient (Wildman–Crippen LogP) is 3.35. The third-order valence-corrected chi connectivity index (χ3v) is 4.50. The minimum atomic E-state index is 0. The fourth-order valence-corrected chi connectivity index (χ4v) is 3.02. The van der Waals surface area contributed by atoms with E-state index in [0.717, 1.165) is 35.9 Å².